The highest BCUT2D eigenvalue weighted by atomic mass is 79.9. The molecule has 1 nitrogen and oxygen atoms in total. The molecule has 0 amide bonds. The van der Waals surface area contributed by atoms with Crippen LogP contribution in [0.1, 0.15) is 30.9 Å². The van der Waals surface area contributed by atoms with Crippen LogP contribution in [0.4, 0.5) is 4.39 Å². The summed E-state index contributed by atoms with van der Waals surface area (Å²) < 4.78 is 13.7. The van der Waals surface area contributed by atoms with Crippen LogP contribution < -0.4 is 0 Å². The van der Waals surface area contributed by atoms with Crippen LogP contribution in [0.3, 0.4) is 0 Å². The SMILES string of the molecule is CCCC(O)(Cc1ccc(F)c(Br)c1)c1ccccc1. The average Bonchev–Trinajstić information content (AvgIpc) is 2.44. The smallest absolute Gasteiger partial charge is 0.137 e. The Morgan fingerprint density at radius 3 is 2.45 bits per heavy atom. The second kappa shape index (κ2) is 6.51. The van der Waals surface area contributed by atoms with Crippen molar-refractivity contribution in [2.45, 2.75) is 31.8 Å². The zero-order chi connectivity index (χ0) is 14.6. The monoisotopic (exact) mass is 336 g/mol. The van der Waals surface area contributed by atoms with Crippen molar-refractivity contribution in [3.63, 3.8) is 0 Å². The molecule has 0 aliphatic heterocycles. The summed E-state index contributed by atoms with van der Waals surface area (Å²) in [6, 6.07) is 14.6. The van der Waals surface area contributed by atoms with Crippen molar-refractivity contribution in [3.05, 3.63) is 69.9 Å². The number of benzene rings is 2. The van der Waals surface area contributed by atoms with E-state index in [1.807, 2.05) is 30.3 Å². The third-order valence-electron chi connectivity index (χ3n) is 3.46. The molecule has 106 valence electrons. The lowest BCUT2D eigenvalue weighted by molar-refractivity contribution is 0.0269. The molecule has 2 rings (SSSR count). The van der Waals surface area contributed by atoms with Crippen molar-refractivity contribution in [3.8, 4) is 0 Å². The number of hydrogen-bond donors (Lipinski definition) is 1. The van der Waals surface area contributed by atoms with Gasteiger partial charge in [-0.05, 0) is 45.6 Å². The second-order valence-corrected chi connectivity index (χ2v) is 5.93. The molecular weight excluding hydrogens is 319 g/mol. The summed E-state index contributed by atoms with van der Waals surface area (Å²) in [5, 5.41) is 11.0. The van der Waals surface area contributed by atoms with Crippen LogP contribution in [0, 0.1) is 5.82 Å². The Morgan fingerprint density at radius 1 is 1.15 bits per heavy atom. The van der Waals surface area contributed by atoms with E-state index < -0.39 is 5.60 Å². The zero-order valence-electron chi connectivity index (χ0n) is 11.4. The van der Waals surface area contributed by atoms with Crippen molar-refractivity contribution in [2.75, 3.05) is 0 Å². The first-order valence-corrected chi connectivity index (χ1v) is 7.56. The summed E-state index contributed by atoms with van der Waals surface area (Å²) in [6.45, 7) is 2.05. The van der Waals surface area contributed by atoms with Gasteiger partial charge >= 0.3 is 0 Å². The van der Waals surface area contributed by atoms with Gasteiger partial charge in [-0.2, -0.15) is 0 Å². The topological polar surface area (TPSA) is 20.2 Å². The normalized spacial score (nSPS) is 14.0. The quantitative estimate of drug-likeness (QED) is 0.829. The fraction of sp³-hybridized carbons (Fsp3) is 0.294. The van der Waals surface area contributed by atoms with Gasteiger partial charge in [0.25, 0.3) is 0 Å². The van der Waals surface area contributed by atoms with Gasteiger partial charge in [0.2, 0.25) is 0 Å². The van der Waals surface area contributed by atoms with Crippen LogP contribution in [0.25, 0.3) is 0 Å². The molecule has 0 radical (unpaired) electrons. The van der Waals surface area contributed by atoms with E-state index in [0.717, 1.165) is 17.5 Å². The highest BCUT2D eigenvalue weighted by molar-refractivity contribution is 9.10. The van der Waals surface area contributed by atoms with E-state index in [9.17, 15) is 9.50 Å². The van der Waals surface area contributed by atoms with Crippen LogP contribution in [-0.4, -0.2) is 5.11 Å². The molecule has 0 aliphatic carbocycles. The Hall–Kier alpha value is -1.19. The Kier molecular flexibility index (Phi) is 4.95. The molecule has 1 N–H and O–H groups in total. The highest BCUT2D eigenvalue weighted by Gasteiger charge is 2.28. The van der Waals surface area contributed by atoms with Gasteiger partial charge in [-0.25, -0.2) is 4.39 Å². The number of halogens is 2. The molecule has 20 heavy (non-hydrogen) atoms. The summed E-state index contributed by atoms with van der Waals surface area (Å²) in [4.78, 5) is 0. The minimum absolute atomic E-state index is 0.285. The fourth-order valence-electron chi connectivity index (χ4n) is 2.48. The van der Waals surface area contributed by atoms with E-state index in [0.29, 0.717) is 17.3 Å². The molecule has 3 heteroatoms. The Morgan fingerprint density at radius 2 is 1.85 bits per heavy atom. The Bertz CT molecular complexity index is 570. The molecule has 0 fully saturated rings. The van der Waals surface area contributed by atoms with Gasteiger partial charge < -0.3 is 5.11 Å². The minimum Gasteiger partial charge on any atom is -0.385 e. The summed E-state index contributed by atoms with van der Waals surface area (Å²) in [5.74, 6) is -0.285. The van der Waals surface area contributed by atoms with Gasteiger partial charge in [-0.3, -0.25) is 0 Å². The number of hydrogen-bond acceptors (Lipinski definition) is 1. The molecule has 0 spiro atoms. The van der Waals surface area contributed by atoms with Gasteiger partial charge in [0.1, 0.15) is 5.82 Å². The van der Waals surface area contributed by atoms with Crippen LogP contribution in [0.2, 0.25) is 0 Å². The molecule has 0 aromatic heterocycles. The highest BCUT2D eigenvalue weighted by Crippen LogP contribution is 2.31. The van der Waals surface area contributed by atoms with Crippen LogP contribution in [-0.2, 0) is 12.0 Å². The summed E-state index contributed by atoms with van der Waals surface area (Å²) >= 11 is 3.19. The first-order valence-electron chi connectivity index (χ1n) is 6.77. The van der Waals surface area contributed by atoms with Gasteiger partial charge in [0, 0.05) is 6.42 Å². The van der Waals surface area contributed by atoms with Crippen molar-refractivity contribution < 1.29 is 9.50 Å². The lowest BCUT2D eigenvalue weighted by atomic mass is 9.84. The van der Waals surface area contributed by atoms with Crippen molar-refractivity contribution in [2.24, 2.45) is 0 Å². The summed E-state index contributed by atoms with van der Waals surface area (Å²) in [5.41, 5.74) is 0.910. The maximum atomic E-state index is 13.3. The molecule has 1 unspecified atom stereocenters. The molecular formula is C17H18BrFO. The van der Waals surface area contributed by atoms with Crippen LogP contribution in [0.5, 0.6) is 0 Å². The van der Waals surface area contributed by atoms with Crippen molar-refractivity contribution in [1.82, 2.24) is 0 Å². The molecule has 2 aromatic rings. The van der Waals surface area contributed by atoms with E-state index in [1.54, 1.807) is 12.1 Å². The summed E-state index contributed by atoms with van der Waals surface area (Å²) in [6.07, 6.45) is 2.03. The maximum Gasteiger partial charge on any atom is 0.137 e. The molecule has 0 saturated carbocycles. The van der Waals surface area contributed by atoms with Crippen molar-refractivity contribution >= 4 is 15.9 Å². The van der Waals surface area contributed by atoms with E-state index in [4.69, 9.17) is 0 Å². The maximum absolute atomic E-state index is 13.3. The standard InChI is InChI=1S/C17H18BrFO/c1-2-10-17(20,14-6-4-3-5-7-14)12-13-8-9-16(19)15(18)11-13/h3-9,11,20H,2,10,12H2,1H3. The Balaban J connectivity index is 2.31. The molecule has 2 aromatic carbocycles. The van der Waals surface area contributed by atoms with Gasteiger partial charge in [-0.15, -0.1) is 0 Å². The average molecular weight is 337 g/mol. The van der Waals surface area contributed by atoms with Gasteiger partial charge in [-0.1, -0.05) is 49.7 Å². The van der Waals surface area contributed by atoms with Crippen LogP contribution in [0.15, 0.2) is 53.0 Å². The number of aliphatic hydroxyl groups is 1. The lowest BCUT2D eigenvalue weighted by Gasteiger charge is -2.29. The van der Waals surface area contributed by atoms with E-state index in [2.05, 4.69) is 22.9 Å². The van der Waals surface area contributed by atoms with Gasteiger partial charge in [0.15, 0.2) is 0 Å². The van der Waals surface area contributed by atoms with Crippen molar-refractivity contribution in [1.29, 1.82) is 0 Å². The zero-order valence-corrected chi connectivity index (χ0v) is 13.0. The predicted molar refractivity (Wildman–Crippen MR) is 83.1 cm³/mol. The second-order valence-electron chi connectivity index (χ2n) is 5.07. The van der Waals surface area contributed by atoms with Gasteiger partial charge in [0.05, 0.1) is 10.1 Å². The first kappa shape index (κ1) is 15.2. The molecule has 0 aliphatic rings. The molecule has 0 heterocycles. The fourth-order valence-corrected chi connectivity index (χ4v) is 2.91. The lowest BCUT2D eigenvalue weighted by Crippen LogP contribution is -2.28. The van der Waals surface area contributed by atoms with Crippen LogP contribution >= 0.6 is 15.9 Å². The third-order valence-corrected chi connectivity index (χ3v) is 4.06. The summed E-state index contributed by atoms with van der Waals surface area (Å²) in [7, 11) is 0. The Labute approximate surface area is 127 Å². The largest absolute Gasteiger partial charge is 0.385 e. The number of rotatable bonds is 5. The first-order chi connectivity index (χ1) is 9.55. The molecule has 0 bridgehead atoms. The third kappa shape index (κ3) is 3.47. The molecule has 1 atom stereocenters. The predicted octanol–water partition coefficient (Wildman–Crippen LogP) is 4.82. The van der Waals surface area contributed by atoms with E-state index in [1.165, 1.54) is 6.07 Å². The van der Waals surface area contributed by atoms with E-state index in [-0.39, 0.29) is 5.82 Å². The minimum atomic E-state index is -0.909. The van der Waals surface area contributed by atoms with E-state index >= 15 is 0 Å². The molecule has 0 saturated heterocycles.